The molecular formula is C20H11F3N4O4S2. The lowest BCUT2D eigenvalue weighted by Gasteiger charge is -2.15. The molecular weight excluding hydrogens is 481 g/mol. The molecule has 0 saturated heterocycles. The maximum absolute atomic E-state index is 13.2. The molecule has 0 aliphatic rings. The number of aromatic nitrogens is 2. The SMILES string of the molecule is N#Cc1cc(S(=O)(=O)Nc2ncns2)ccc1Oc1ccc(C(F)(F)F)cc1-c1ccoc1. The van der Waals surface area contributed by atoms with E-state index in [2.05, 4.69) is 14.1 Å². The van der Waals surface area contributed by atoms with Crippen molar-refractivity contribution in [1.29, 1.82) is 5.26 Å². The molecule has 4 aromatic rings. The molecule has 2 aromatic heterocycles. The van der Waals surface area contributed by atoms with Gasteiger partial charge < -0.3 is 9.15 Å². The van der Waals surface area contributed by atoms with E-state index in [4.69, 9.17) is 9.15 Å². The molecule has 0 amide bonds. The van der Waals surface area contributed by atoms with Gasteiger partial charge >= 0.3 is 6.18 Å². The lowest BCUT2D eigenvalue weighted by atomic mass is 10.0. The number of nitrogens with zero attached hydrogens (tertiary/aromatic N) is 3. The van der Waals surface area contributed by atoms with Crippen LogP contribution < -0.4 is 9.46 Å². The molecule has 0 spiro atoms. The summed E-state index contributed by atoms with van der Waals surface area (Å²) in [6, 6.07) is 9.68. The summed E-state index contributed by atoms with van der Waals surface area (Å²) >= 11 is 0.834. The zero-order valence-electron chi connectivity index (χ0n) is 16.2. The van der Waals surface area contributed by atoms with Crippen LogP contribution in [0.15, 0.2) is 70.6 Å². The van der Waals surface area contributed by atoms with Crippen LogP contribution in [0.5, 0.6) is 11.5 Å². The van der Waals surface area contributed by atoms with Crippen LogP contribution in [0.25, 0.3) is 11.1 Å². The van der Waals surface area contributed by atoms with Crippen LogP contribution in [-0.2, 0) is 16.2 Å². The van der Waals surface area contributed by atoms with Crippen LogP contribution in [-0.4, -0.2) is 17.8 Å². The summed E-state index contributed by atoms with van der Waals surface area (Å²) in [7, 11) is -4.06. The first-order chi connectivity index (χ1) is 15.7. The van der Waals surface area contributed by atoms with Crippen LogP contribution in [0.3, 0.4) is 0 Å². The second-order valence-electron chi connectivity index (χ2n) is 6.44. The summed E-state index contributed by atoms with van der Waals surface area (Å²) in [5, 5.41) is 9.56. The van der Waals surface area contributed by atoms with Crippen LogP contribution >= 0.6 is 11.5 Å². The van der Waals surface area contributed by atoms with Crippen molar-refractivity contribution >= 4 is 26.7 Å². The van der Waals surface area contributed by atoms with Crippen LogP contribution in [0.2, 0.25) is 0 Å². The Hall–Kier alpha value is -3.89. The van der Waals surface area contributed by atoms with Crippen molar-refractivity contribution in [3.8, 4) is 28.7 Å². The van der Waals surface area contributed by atoms with Crippen molar-refractivity contribution in [3.05, 3.63) is 72.4 Å². The minimum absolute atomic E-state index is 0.0171. The molecule has 168 valence electrons. The highest BCUT2D eigenvalue weighted by molar-refractivity contribution is 7.93. The third-order valence-electron chi connectivity index (χ3n) is 4.32. The fourth-order valence-corrected chi connectivity index (χ4v) is 4.49. The van der Waals surface area contributed by atoms with Gasteiger partial charge in [-0.2, -0.15) is 22.8 Å². The molecule has 2 aromatic carbocycles. The summed E-state index contributed by atoms with van der Waals surface area (Å²) in [6.07, 6.45) is -0.848. The number of benzene rings is 2. The van der Waals surface area contributed by atoms with Gasteiger partial charge in [-0.15, -0.1) is 0 Å². The summed E-state index contributed by atoms with van der Waals surface area (Å²) in [5.74, 6) is -0.0274. The number of nitriles is 1. The van der Waals surface area contributed by atoms with E-state index in [9.17, 15) is 26.9 Å². The Kier molecular flexibility index (Phi) is 5.79. The summed E-state index contributed by atoms with van der Waals surface area (Å²) in [5.41, 5.74) is -0.629. The number of rotatable bonds is 6. The zero-order valence-corrected chi connectivity index (χ0v) is 17.8. The fraction of sp³-hybridized carbons (Fsp3) is 0.0500. The first-order valence-electron chi connectivity index (χ1n) is 8.93. The topological polar surface area (TPSA) is 118 Å². The fourth-order valence-electron chi connectivity index (χ4n) is 2.80. The van der Waals surface area contributed by atoms with Gasteiger partial charge in [0.2, 0.25) is 5.13 Å². The van der Waals surface area contributed by atoms with Gasteiger partial charge in [0.05, 0.1) is 28.5 Å². The van der Waals surface area contributed by atoms with E-state index < -0.39 is 21.8 Å². The van der Waals surface area contributed by atoms with Gasteiger partial charge in [0.25, 0.3) is 10.0 Å². The molecule has 33 heavy (non-hydrogen) atoms. The molecule has 0 aliphatic heterocycles. The standard InChI is InChI=1S/C20H11F3N4O4S2/c21-20(22,23)14-1-3-18(16(8-14)12-5-6-30-10-12)31-17-4-2-15(7-13(17)9-24)33(28,29)27-19-25-11-26-32-19/h1-8,10-11H,(H,25,26,27). The Balaban J connectivity index is 1.70. The largest absolute Gasteiger partial charge is 0.472 e. The number of anilines is 1. The minimum Gasteiger partial charge on any atom is -0.472 e. The second kappa shape index (κ2) is 8.57. The number of alkyl halides is 3. The predicted octanol–water partition coefficient (Wildman–Crippen LogP) is 5.28. The van der Waals surface area contributed by atoms with E-state index >= 15 is 0 Å². The molecule has 1 N–H and O–H groups in total. The quantitative estimate of drug-likeness (QED) is 0.389. The summed E-state index contributed by atoms with van der Waals surface area (Å²) < 4.78 is 81.3. The molecule has 0 bridgehead atoms. The third kappa shape index (κ3) is 4.81. The van der Waals surface area contributed by atoms with Crippen molar-refractivity contribution in [1.82, 2.24) is 9.36 Å². The van der Waals surface area contributed by atoms with Gasteiger partial charge in [-0.25, -0.2) is 13.4 Å². The molecule has 0 fully saturated rings. The Morgan fingerprint density at radius 3 is 2.55 bits per heavy atom. The van der Waals surface area contributed by atoms with Crippen LogP contribution in [0, 0.1) is 11.3 Å². The highest BCUT2D eigenvalue weighted by atomic mass is 32.2. The number of furan rings is 1. The molecule has 8 nitrogen and oxygen atoms in total. The van der Waals surface area contributed by atoms with Crippen molar-refractivity contribution in [2.45, 2.75) is 11.1 Å². The number of hydrogen-bond donors (Lipinski definition) is 1. The average molecular weight is 492 g/mol. The molecule has 4 rings (SSSR count). The molecule has 0 aliphatic carbocycles. The molecule has 0 saturated carbocycles. The van der Waals surface area contributed by atoms with E-state index in [1.807, 2.05) is 6.07 Å². The lowest BCUT2D eigenvalue weighted by molar-refractivity contribution is -0.137. The van der Waals surface area contributed by atoms with Gasteiger partial charge in [-0.3, -0.25) is 4.72 Å². The predicted molar refractivity (Wildman–Crippen MR) is 111 cm³/mol. The van der Waals surface area contributed by atoms with E-state index in [1.165, 1.54) is 37.1 Å². The van der Waals surface area contributed by atoms with E-state index in [-0.39, 0.29) is 32.7 Å². The molecule has 2 heterocycles. The zero-order chi connectivity index (χ0) is 23.6. The number of ether oxygens (including phenoxy) is 1. The van der Waals surface area contributed by atoms with E-state index in [0.29, 0.717) is 5.56 Å². The average Bonchev–Trinajstić information content (AvgIpc) is 3.47. The molecule has 0 radical (unpaired) electrons. The van der Waals surface area contributed by atoms with Crippen LogP contribution in [0.1, 0.15) is 11.1 Å². The van der Waals surface area contributed by atoms with Gasteiger partial charge in [-0.1, -0.05) is 0 Å². The van der Waals surface area contributed by atoms with Gasteiger partial charge in [0.1, 0.15) is 23.9 Å². The maximum Gasteiger partial charge on any atom is 0.416 e. The minimum atomic E-state index is -4.58. The monoisotopic (exact) mass is 492 g/mol. The van der Waals surface area contributed by atoms with Crippen molar-refractivity contribution in [2.75, 3.05) is 4.72 Å². The number of sulfonamides is 1. The van der Waals surface area contributed by atoms with Crippen molar-refractivity contribution in [2.24, 2.45) is 0 Å². The van der Waals surface area contributed by atoms with Gasteiger partial charge in [0, 0.05) is 22.7 Å². The van der Waals surface area contributed by atoms with E-state index in [1.54, 1.807) is 0 Å². The van der Waals surface area contributed by atoms with Crippen LogP contribution in [0.4, 0.5) is 18.3 Å². The number of hydrogen-bond acceptors (Lipinski definition) is 8. The lowest BCUT2D eigenvalue weighted by Crippen LogP contribution is -2.13. The van der Waals surface area contributed by atoms with Gasteiger partial charge in [-0.05, 0) is 42.5 Å². The normalized spacial score (nSPS) is 11.7. The number of halogens is 3. The Morgan fingerprint density at radius 1 is 1.12 bits per heavy atom. The summed E-state index contributed by atoms with van der Waals surface area (Å²) in [6.45, 7) is 0. The van der Waals surface area contributed by atoms with Gasteiger partial charge in [0.15, 0.2) is 0 Å². The molecule has 0 unspecified atom stereocenters. The highest BCUT2D eigenvalue weighted by Crippen LogP contribution is 2.40. The van der Waals surface area contributed by atoms with E-state index in [0.717, 1.165) is 35.8 Å². The number of nitrogens with one attached hydrogen (secondary N) is 1. The maximum atomic E-state index is 13.2. The third-order valence-corrected chi connectivity index (χ3v) is 6.37. The Morgan fingerprint density at radius 2 is 1.91 bits per heavy atom. The van der Waals surface area contributed by atoms with Crippen molar-refractivity contribution in [3.63, 3.8) is 0 Å². The Labute approximate surface area is 189 Å². The highest BCUT2D eigenvalue weighted by Gasteiger charge is 2.31. The first kappa shape index (κ1) is 22.3. The van der Waals surface area contributed by atoms with Crippen molar-refractivity contribution < 1.29 is 30.7 Å². The first-order valence-corrected chi connectivity index (χ1v) is 11.2. The smallest absolute Gasteiger partial charge is 0.416 e. The molecule has 0 atom stereocenters. The Bertz CT molecular complexity index is 1430. The second-order valence-corrected chi connectivity index (χ2v) is 8.91. The summed E-state index contributed by atoms with van der Waals surface area (Å²) in [4.78, 5) is 3.51. The molecule has 13 heteroatoms.